The third-order valence-corrected chi connectivity index (χ3v) is 23.9. The van der Waals surface area contributed by atoms with Gasteiger partial charge in [-0.25, -0.2) is 0 Å². The van der Waals surface area contributed by atoms with E-state index >= 15 is 0 Å². The number of para-hydroxylation sites is 3. The van der Waals surface area contributed by atoms with Crippen LogP contribution in [0.15, 0.2) is 278 Å². The third-order valence-electron chi connectivity index (χ3n) is 23.1. The minimum Gasteiger partial charge on any atom is -0.489 e. The Balaban J connectivity index is 0.000000166. The van der Waals surface area contributed by atoms with Crippen LogP contribution in [0.25, 0.3) is 21.0 Å². The summed E-state index contributed by atoms with van der Waals surface area (Å²) in [6, 6.07) is 88.2. The first-order valence-corrected chi connectivity index (χ1v) is 45.2. The summed E-state index contributed by atoms with van der Waals surface area (Å²) >= 11 is 1.69. The quantitative estimate of drug-likeness (QED) is 0.0187. The monoisotopic (exact) mass is 1760 g/mol. The number of thiophene rings is 1. The summed E-state index contributed by atoms with van der Waals surface area (Å²) in [6.07, 6.45) is 3.96. The Morgan fingerprint density at radius 2 is 0.715 bits per heavy atom. The van der Waals surface area contributed by atoms with Gasteiger partial charge in [0.05, 0.1) is 5.52 Å². The zero-order valence-corrected chi connectivity index (χ0v) is 76.2. The van der Waals surface area contributed by atoms with Crippen molar-refractivity contribution in [2.75, 3.05) is 31.5 Å². The predicted octanol–water partition coefficient (Wildman–Crippen LogP) is 20.5. The molecule has 21 heteroatoms. The van der Waals surface area contributed by atoms with Gasteiger partial charge < -0.3 is 70.8 Å². The van der Waals surface area contributed by atoms with E-state index in [-0.39, 0.29) is 0 Å². The fourth-order valence-corrected chi connectivity index (χ4v) is 16.9. The van der Waals surface area contributed by atoms with Crippen molar-refractivity contribution in [2.45, 2.75) is 164 Å². The normalized spacial score (nSPS) is 12.3. The summed E-state index contributed by atoms with van der Waals surface area (Å²) in [5, 5.41) is 36.3. The molecule has 14 aromatic rings. The Morgan fingerprint density at radius 3 is 1.10 bits per heavy atom. The Bertz CT molecular complexity index is 6130. The molecule has 1 aliphatic heterocycles. The zero-order valence-electron chi connectivity index (χ0n) is 75.4. The molecule has 0 saturated heterocycles. The lowest BCUT2D eigenvalue weighted by atomic mass is 10.1. The number of aliphatic carboxylic acids is 3. The van der Waals surface area contributed by atoms with Crippen molar-refractivity contribution in [3.63, 3.8) is 0 Å². The molecule has 0 amide bonds. The molecule has 0 spiro atoms. The van der Waals surface area contributed by atoms with Crippen LogP contribution >= 0.6 is 11.3 Å². The van der Waals surface area contributed by atoms with Gasteiger partial charge in [0.2, 0.25) is 0 Å². The molecule has 15 rings (SSSR count). The number of hydrogen-bond acceptors (Lipinski definition) is 17. The van der Waals surface area contributed by atoms with E-state index in [4.69, 9.17) is 45.6 Å². The third kappa shape index (κ3) is 28.0. The number of ether oxygens (including phenoxy) is 6. The second kappa shape index (κ2) is 46.8. The number of nitrogens with two attached hydrogens (primary N) is 3. The standard InChI is InChI=1S/C37H41N3O4.C36H41N3O4.C36H38N2O4S/c1-26-8-6-10-28(20-26)24-43-34-13-5-4-12-31(34)22-40(19-17-33(38)37(41)42)23-32-15-14-30-16-18-39(3)35(30)36(32)44-25-29-11-7-9-27(2)21-29;1-25-7-5-9-27(17-25)23-42-34-12-4-3-11-30(34)21-39(16-14-32(37)36(40)41)22-31-19-33-29(13-15-38-33)20-35(31)43-24-28-10-6-8-26(2)18-28;1-25-7-5-9-27(17-25)23-41-33-12-4-3-11-30(33)21-38(15-13-32(37)36(39)40)22-31-19-29-14-16-43-35(29)20-34(31)42-24-28-10-6-8-26(2)18-28/h4-16,18,20-21,33H,17,19,22-25,38H2,1-3H3,(H,41,42);3-12,17-20,32,38H,13-16,21-24,37H2,1-2H3,(H,40,41);3-12,14,16-20,32H,13,15,21-24,37H2,1-2H3,(H,39,40)/t33-;2*32-/m000/s1. The highest BCUT2D eigenvalue weighted by Crippen LogP contribution is 2.38. The molecule has 0 aliphatic carbocycles. The molecule has 130 heavy (non-hydrogen) atoms. The van der Waals surface area contributed by atoms with Gasteiger partial charge in [-0.1, -0.05) is 246 Å². The number of carbonyl (C=O) groups is 3. The Kier molecular flexibility index (Phi) is 34.0. The van der Waals surface area contributed by atoms with Crippen molar-refractivity contribution in [1.82, 2.24) is 19.3 Å². The molecular formula is C109H120N8O12S. The number of carboxylic acid groups (broad SMARTS) is 3. The van der Waals surface area contributed by atoms with Crippen LogP contribution < -0.4 is 50.9 Å². The molecule has 0 radical (unpaired) electrons. The van der Waals surface area contributed by atoms with Crippen molar-refractivity contribution in [3.05, 3.63) is 384 Å². The molecule has 0 fully saturated rings. The lowest BCUT2D eigenvalue weighted by molar-refractivity contribution is -0.139. The number of aromatic nitrogens is 1. The van der Waals surface area contributed by atoms with E-state index in [1.54, 1.807) is 11.3 Å². The topological polar surface area (TPSA) is 272 Å². The van der Waals surface area contributed by atoms with Crippen molar-refractivity contribution in [2.24, 2.45) is 24.2 Å². The van der Waals surface area contributed by atoms with Crippen LogP contribution in [0, 0.1) is 41.5 Å². The summed E-state index contributed by atoms with van der Waals surface area (Å²) in [5.74, 6) is 1.93. The number of carboxylic acids is 3. The van der Waals surface area contributed by atoms with Crippen LogP contribution in [0.5, 0.6) is 34.5 Å². The van der Waals surface area contributed by atoms with Crippen LogP contribution in [-0.4, -0.2) is 96.8 Å². The molecule has 2 aromatic heterocycles. The Morgan fingerprint density at radius 1 is 0.369 bits per heavy atom. The molecule has 1 aliphatic rings. The van der Waals surface area contributed by atoms with Crippen LogP contribution in [-0.2, 0) is 107 Å². The highest BCUT2D eigenvalue weighted by Gasteiger charge is 2.26. The van der Waals surface area contributed by atoms with Crippen molar-refractivity contribution >= 4 is 55.9 Å². The fourth-order valence-electron chi connectivity index (χ4n) is 16.1. The number of aryl methyl sites for hydroxylation is 7. The molecule has 3 atom stereocenters. The van der Waals surface area contributed by atoms with E-state index in [0.29, 0.717) is 118 Å². The average Bonchev–Trinajstić information content (AvgIpc) is 1.63. The van der Waals surface area contributed by atoms with Crippen LogP contribution in [0.1, 0.15) is 125 Å². The first-order chi connectivity index (χ1) is 62.9. The van der Waals surface area contributed by atoms with Crippen LogP contribution in [0.3, 0.4) is 0 Å². The van der Waals surface area contributed by atoms with Gasteiger partial charge in [0.1, 0.15) is 92.3 Å². The number of nitrogens with one attached hydrogen (secondary N) is 1. The molecule has 3 heterocycles. The Hall–Kier alpha value is -13.1. The molecule has 674 valence electrons. The maximum absolute atomic E-state index is 11.6. The first-order valence-electron chi connectivity index (χ1n) is 44.4. The van der Waals surface area contributed by atoms with E-state index in [0.717, 1.165) is 141 Å². The molecule has 10 N–H and O–H groups in total. The molecule has 0 bridgehead atoms. The van der Waals surface area contributed by atoms with Gasteiger partial charge in [-0.3, -0.25) is 29.1 Å². The lowest BCUT2D eigenvalue weighted by Crippen LogP contribution is -2.35. The summed E-state index contributed by atoms with van der Waals surface area (Å²) in [7, 11) is 2.02. The fraction of sp³-hybridized carbons (Fsp3) is 0.275. The second-order valence-electron chi connectivity index (χ2n) is 34.0. The van der Waals surface area contributed by atoms with Gasteiger partial charge in [-0.15, -0.1) is 11.3 Å². The summed E-state index contributed by atoms with van der Waals surface area (Å²) < 4.78 is 41.6. The number of rotatable bonds is 42. The van der Waals surface area contributed by atoms with Gasteiger partial charge in [0.25, 0.3) is 0 Å². The van der Waals surface area contributed by atoms with E-state index in [1.165, 1.54) is 38.9 Å². The van der Waals surface area contributed by atoms with Gasteiger partial charge in [0, 0.05) is 128 Å². The van der Waals surface area contributed by atoms with Gasteiger partial charge in [0.15, 0.2) is 0 Å². The van der Waals surface area contributed by atoms with E-state index in [9.17, 15) is 29.7 Å². The van der Waals surface area contributed by atoms with Crippen molar-refractivity contribution in [3.8, 4) is 34.5 Å². The SMILES string of the molecule is Cc1cccc(COc2ccccc2CN(CC[C@H](N)C(=O)O)Cc2cc3c(cc2OCc2cccc(C)c2)CCN3)c1.Cc1cccc(COc2ccccc2CN(CC[C@H](N)C(=O)O)Cc2cc3ccsc3cc2OCc2cccc(C)c2)c1.Cc1cccc(COc2ccccc2CN(CC[C@H](N)C(=O)O)Cc2ccc3ccn(C)c3c2OCc2cccc(C)c2)c1. The number of anilines is 1. The smallest absolute Gasteiger partial charge is 0.320 e. The maximum atomic E-state index is 11.6. The van der Waals surface area contributed by atoms with E-state index in [1.807, 2.05) is 104 Å². The molecule has 12 aromatic carbocycles. The number of fused-ring (bicyclic) bond motifs is 3. The highest BCUT2D eigenvalue weighted by molar-refractivity contribution is 7.17. The minimum atomic E-state index is -1.00. The Labute approximate surface area is 767 Å². The average molecular weight is 1770 g/mol. The van der Waals surface area contributed by atoms with E-state index < -0.39 is 36.0 Å². The highest BCUT2D eigenvalue weighted by atomic mass is 32.1. The summed E-state index contributed by atoms with van der Waals surface area (Å²) in [5.41, 5.74) is 41.3. The number of hydrogen-bond donors (Lipinski definition) is 7. The van der Waals surface area contributed by atoms with Gasteiger partial charge in [-0.2, -0.15) is 0 Å². The van der Waals surface area contributed by atoms with Gasteiger partial charge >= 0.3 is 17.9 Å². The molecule has 0 unspecified atom stereocenters. The van der Waals surface area contributed by atoms with E-state index in [2.05, 4.69) is 247 Å². The predicted molar refractivity (Wildman–Crippen MR) is 519 cm³/mol. The molecular weight excluding hydrogens is 1650 g/mol. The van der Waals surface area contributed by atoms with Crippen molar-refractivity contribution < 1.29 is 58.1 Å². The number of nitrogens with zero attached hydrogens (tertiary/aromatic N) is 4. The maximum Gasteiger partial charge on any atom is 0.320 e. The van der Waals surface area contributed by atoms with Crippen molar-refractivity contribution in [1.29, 1.82) is 0 Å². The minimum absolute atomic E-state index is 0.313. The van der Waals surface area contributed by atoms with Crippen LogP contribution in [0.2, 0.25) is 0 Å². The second-order valence-corrected chi connectivity index (χ2v) is 34.9. The first kappa shape index (κ1) is 94.5. The summed E-state index contributed by atoms with van der Waals surface area (Å²) in [6.45, 7) is 21.0. The lowest BCUT2D eigenvalue weighted by Gasteiger charge is -2.26. The molecule has 0 saturated carbocycles. The van der Waals surface area contributed by atoms with Crippen LogP contribution in [0.4, 0.5) is 5.69 Å². The zero-order chi connectivity index (χ0) is 91.4. The number of benzene rings is 12. The molecule has 20 nitrogen and oxygen atoms in total. The summed E-state index contributed by atoms with van der Waals surface area (Å²) in [4.78, 5) is 41.4. The largest absolute Gasteiger partial charge is 0.489 e. The van der Waals surface area contributed by atoms with Gasteiger partial charge in [-0.05, 0) is 172 Å².